The average Bonchev–Trinajstić information content (AvgIpc) is 0.790. The van der Waals surface area contributed by atoms with Crippen molar-refractivity contribution in [3.63, 3.8) is 0 Å². The molecule has 8 aliphatic carbocycles. The molecule has 18 heteroatoms. The van der Waals surface area contributed by atoms with Gasteiger partial charge in [-0.25, -0.2) is 14.4 Å². The van der Waals surface area contributed by atoms with Gasteiger partial charge in [-0.1, -0.05) is 115 Å². The van der Waals surface area contributed by atoms with Gasteiger partial charge in [-0.05, 0) is 178 Å². The van der Waals surface area contributed by atoms with Crippen LogP contribution in [0.1, 0.15) is 138 Å². The second-order valence-electron chi connectivity index (χ2n) is 26.5. The fourth-order valence-corrected chi connectivity index (χ4v) is 21.6. The summed E-state index contributed by atoms with van der Waals surface area (Å²) >= 11 is 0. The predicted octanol–water partition coefficient (Wildman–Crippen LogP) is 16.1. The van der Waals surface area contributed by atoms with E-state index in [0.29, 0.717) is 78.7 Å². The zero-order valence-electron chi connectivity index (χ0n) is 53.3. The Morgan fingerprint density at radius 2 is 0.717 bits per heavy atom. The molecule has 8 bridgehead atoms. The Morgan fingerprint density at radius 3 is 1.00 bits per heavy atom. The van der Waals surface area contributed by atoms with Crippen molar-refractivity contribution >= 4 is 67.9 Å². The van der Waals surface area contributed by atoms with Gasteiger partial charge in [0.2, 0.25) is 11.6 Å². The van der Waals surface area contributed by atoms with Crippen molar-refractivity contribution in [2.45, 2.75) is 150 Å². The number of hydrogen-bond acceptors (Lipinski definition) is 9. The number of benzene rings is 5. The van der Waals surface area contributed by atoms with Crippen LogP contribution in [0.4, 0.5) is 26.3 Å². The third-order valence-electron chi connectivity index (χ3n) is 18.6. The van der Waals surface area contributed by atoms with Gasteiger partial charge in [0.15, 0.2) is 26.2 Å². The number of hydrogen-bond donors (Lipinski definition) is 0. The first-order valence-corrected chi connectivity index (χ1v) is 36.9. The van der Waals surface area contributed by atoms with E-state index in [1.165, 1.54) is 82.6 Å². The molecule has 2 heterocycles. The summed E-state index contributed by atoms with van der Waals surface area (Å²) in [5, 5.41) is 0. The first-order valence-electron chi connectivity index (χ1n) is 32.2. The molecule has 15 rings (SSSR count). The third-order valence-corrected chi connectivity index (χ3v) is 25.6. The molecule has 0 spiro atoms. The van der Waals surface area contributed by atoms with E-state index in [4.69, 9.17) is 9.47 Å². The van der Waals surface area contributed by atoms with E-state index < -0.39 is 35.7 Å². The first-order chi connectivity index (χ1) is 43.8. The van der Waals surface area contributed by atoms with Gasteiger partial charge in [0, 0.05) is 54.6 Å². The molecule has 10 aliphatic rings. The second-order valence-corrected chi connectivity index (χ2v) is 33.2. The summed E-state index contributed by atoms with van der Waals surface area (Å²) in [6.45, 7) is 1.90. The minimum absolute atomic E-state index is 0.0146. The number of carbonyl (C=O) groups excluding carboxylic acids is 6. The summed E-state index contributed by atoms with van der Waals surface area (Å²) in [5.41, 5.74) is 1.57. The Hall–Kier alpha value is -5.85. The maximum Gasteiger partial charge on any atom is 0.376 e. The zero-order chi connectivity index (χ0) is 66.1. The zero-order valence-corrected chi connectivity index (χ0v) is 55.8. The lowest BCUT2D eigenvalue weighted by Gasteiger charge is -2.56. The summed E-state index contributed by atoms with van der Waals surface area (Å²) in [6, 6.07) is 51.5. The highest BCUT2D eigenvalue weighted by Gasteiger charge is 2.56. The number of ether oxygens (including phenoxy) is 3. The maximum atomic E-state index is 12.8. The van der Waals surface area contributed by atoms with Crippen LogP contribution in [0.15, 0.2) is 166 Å². The largest absolute Gasteiger partial charge is 0.465 e. The van der Waals surface area contributed by atoms with Crippen LogP contribution in [0.5, 0.6) is 0 Å². The lowest BCUT2D eigenvalue weighted by atomic mass is 9.49. The minimum Gasteiger partial charge on any atom is -0.465 e. The van der Waals surface area contributed by atoms with Gasteiger partial charge in [0.1, 0.15) is 28.8 Å². The number of esters is 3. The Morgan fingerprint density at radius 1 is 0.435 bits per heavy atom. The average molecular weight is 1330 g/mol. The van der Waals surface area contributed by atoms with Gasteiger partial charge in [-0.2, -0.15) is 26.3 Å². The monoisotopic (exact) mass is 1330 g/mol. The van der Waals surface area contributed by atoms with E-state index in [-0.39, 0.29) is 46.8 Å². The van der Waals surface area contributed by atoms with E-state index in [0.717, 1.165) is 86.0 Å². The maximum absolute atomic E-state index is 12.8. The van der Waals surface area contributed by atoms with Crippen molar-refractivity contribution in [2.75, 3.05) is 54.8 Å². The topological polar surface area (TPSA) is 130 Å². The summed E-state index contributed by atoms with van der Waals surface area (Å²) in [6.07, 6.45) is 16.6. The van der Waals surface area contributed by atoms with Crippen molar-refractivity contribution < 1.29 is 69.3 Å². The normalized spacial score (nSPS) is 25.0. The molecule has 496 valence electrons. The van der Waals surface area contributed by atoms with E-state index in [1.54, 1.807) is 0 Å². The van der Waals surface area contributed by atoms with Gasteiger partial charge >= 0.3 is 35.7 Å². The molecule has 9 nitrogen and oxygen atoms in total. The lowest BCUT2D eigenvalue weighted by molar-refractivity contribution is -0.180. The molecule has 2 saturated heterocycles. The fraction of sp³-hybridized carbons (Fsp3) is 0.514. The molecule has 2 atom stereocenters. The number of ketones is 3. The highest BCUT2D eigenvalue weighted by atomic mass is 32.2. The Balaban J connectivity index is 0.000000144. The number of alkyl halides is 6. The summed E-state index contributed by atoms with van der Waals surface area (Å²) in [7, 11) is 1.69. The van der Waals surface area contributed by atoms with E-state index in [2.05, 4.69) is 95.7 Å². The van der Waals surface area contributed by atoms with Crippen molar-refractivity contribution in [2.24, 2.45) is 46.3 Å². The second kappa shape index (κ2) is 33.0. The smallest absolute Gasteiger partial charge is 0.376 e. The molecule has 0 N–H and O–H groups in total. The van der Waals surface area contributed by atoms with E-state index in [1.807, 2.05) is 60.7 Å². The minimum atomic E-state index is -3.43. The summed E-state index contributed by atoms with van der Waals surface area (Å²) in [5.74, 6) is -3.88. The highest BCUT2D eigenvalue weighted by Crippen LogP contribution is 2.61. The first kappa shape index (κ1) is 72.0. The fourth-order valence-electron chi connectivity index (χ4n) is 15.0. The molecule has 2 aliphatic heterocycles. The van der Waals surface area contributed by atoms with Crippen LogP contribution in [0.3, 0.4) is 0 Å². The third kappa shape index (κ3) is 21.1. The van der Waals surface area contributed by atoms with Crippen LogP contribution in [0, 0.1) is 46.3 Å². The highest BCUT2D eigenvalue weighted by molar-refractivity contribution is 7.98. The predicted molar refractivity (Wildman–Crippen MR) is 353 cm³/mol. The summed E-state index contributed by atoms with van der Waals surface area (Å²) < 4.78 is 88.0. The molecule has 5 aromatic carbocycles. The Kier molecular flexibility index (Phi) is 25.8. The number of rotatable bonds is 16. The molecule has 2 unspecified atom stereocenters. The molecular weight excluding hydrogens is 1240 g/mol. The van der Waals surface area contributed by atoms with E-state index in [9.17, 15) is 55.1 Å². The molecule has 5 aromatic rings. The van der Waals surface area contributed by atoms with Crippen LogP contribution in [-0.4, -0.2) is 108 Å². The van der Waals surface area contributed by atoms with Gasteiger partial charge in [-0.3, -0.25) is 14.4 Å². The SMILES string of the molecule is CC(F)(F)C(=O)OCC12CC3CC(C1)C(=O)C(C3)C2.CC(F)(F)C(=O)OCC12CC3CC(CC(C3)C1)C2.COC(=O)C(C)(F)F.O=C(C[S+]1CCCC1)c1ccccc1.O=C(C[S+]1CCCC1)c1ccccc1.c1ccc([S+](c2ccccc2)c2ccccc2)cc1. The summed E-state index contributed by atoms with van der Waals surface area (Å²) in [4.78, 5) is 71.9. The molecule has 92 heavy (non-hydrogen) atoms. The van der Waals surface area contributed by atoms with Crippen molar-refractivity contribution in [3.05, 3.63) is 163 Å². The standard InChI is InChI=1S/C18H15S.C14H18F2O3.C14H20F2O2.2C12H15OS.C4H6F2O2/c1-4-10-16(11-5-1)19(17-12-6-2-7-13-17)18-14-8-3-9-15-18;1-13(15,16)12(18)19-7-14-4-8-2-9(5-14)11(17)10(3-8)6-14;1-13(15,16)12(17)18-8-14-5-9-2-10(6-14)4-11(3-9)7-14;2*13-12(10-14-8-4-5-9-14)11-6-2-1-3-7-11;1-4(5,6)3(7)8-2/h1-15H;8-10H,2-7H2,1H3;9-11H,2-8H2,1H3;2*1-3,6-7H,4-5,8-10H2;1-2H3/q+1;;;2*+1;. The Bertz CT molecular complexity index is 2960. The van der Waals surface area contributed by atoms with Gasteiger partial charge in [0.05, 0.1) is 31.2 Å². The van der Waals surface area contributed by atoms with Crippen LogP contribution < -0.4 is 0 Å². The number of Topliss-reactive ketones (excluding diaryl/α,β-unsaturated/α-hetero) is 3. The lowest BCUT2D eigenvalue weighted by Crippen LogP contribution is -2.53. The molecule has 8 saturated carbocycles. The molecular formula is C74H89F6O9S3+3. The van der Waals surface area contributed by atoms with Crippen LogP contribution >= 0.6 is 0 Å². The number of methoxy groups -OCH3 is 1. The molecule has 0 aromatic heterocycles. The number of carbonyl (C=O) groups is 6. The van der Waals surface area contributed by atoms with Gasteiger partial charge in [0.25, 0.3) is 0 Å². The molecule has 10 fully saturated rings. The quantitative estimate of drug-likeness (QED) is 0.0312. The van der Waals surface area contributed by atoms with Gasteiger partial charge < -0.3 is 14.2 Å². The van der Waals surface area contributed by atoms with Crippen LogP contribution in [0.25, 0.3) is 0 Å². The van der Waals surface area contributed by atoms with Crippen LogP contribution in [0.2, 0.25) is 0 Å². The van der Waals surface area contributed by atoms with E-state index >= 15 is 0 Å². The van der Waals surface area contributed by atoms with Crippen molar-refractivity contribution in [3.8, 4) is 0 Å². The molecule has 0 radical (unpaired) electrons. The number of halogens is 6. The van der Waals surface area contributed by atoms with Crippen LogP contribution in [-0.2, 0) is 66.1 Å². The Labute approximate surface area is 547 Å². The van der Waals surface area contributed by atoms with Gasteiger partial charge in [-0.15, -0.1) is 0 Å². The molecule has 0 amide bonds. The van der Waals surface area contributed by atoms with Crippen molar-refractivity contribution in [1.82, 2.24) is 0 Å². The van der Waals surface area contributed by atoms with Crippen molar-refractivity contribution in [1.29, 1.82) is 0 Å².